The summed E-state index contributed by atoms with van der Waals surface area (Å²) in [4.78, 5) is 29.7. The topological polar surface area (TPSA) is 93.3 Å². The number of amides is 1. The highest BCUT2D eigenvalue weighted by Crippen LogP contribution is 2.35. The monoisotopic (exact) mass is 518 g/mol. The number of pyridine rings is 1. The Balaban J connectivity index is 1.78. The lowest BCUT2D eigenvalue weighted by atomic mass is 9.83. The van der Waals surface area contributed by atoms with Crippen LogP contribution in [0.25, 0.3) is 11.1 Å². The minimum Gasteiger partial charge on any atom is -0.395 e. The van der Waals surface area contributed by atoms with Crippen molar-refractivity contribution >= 4 is 11.7 Å². The molecule has 2 atom stereocenters. The number of Topliss-reactive ketones (excluding diaryl/α,β-unsaturated/α-hetero) is 1. The molecule has 4 aromatic rings. The number of benzene rings is 3. The van der Waals surface area contributed by atoms with Gasteiger partial charge in [-0.2, -0.15) is 0 Å². The first-order chi connectivity index (χ1) is 18.3. The Labute approximate surface area is 217 Å². The maximum Gasteiger partial charge on any atom is 0.251 e. The number of carbonyl (C=O) groups excluding carboxylic acids is 2. The molecular formula is C30H25F3N2O3. The van der Waals surface area contributed by atoms with Crippen LogP contribution in [0.1, 0.15) is 45.4 Å². The van der Waals surface area contributed by atoms with E-state index in [0.29, 0.717) is 27.9 Å². The Morgan fingerprint density at radius 1 is 0.895 bits per heavy atom. The van der Waals surface area contributed by atoms with Crippen LogP contribution in [0.3, 0.4) is 0 Å². The standard InChI is InChI=1S/C30H25F3N2O3/c31-22-12-18(13-23(32)16-22)11-21(15-28(37)26(17-36)19-5-2-1-3-6-19)29-24(7-4-10-35-29)20-8-9-27(33)25(14-20)30(34)38/h1-10,12-14,16,21,26,36H,11,15,17H2,(H2,34,38)/t21-,26?/m1/s1. The Hall–Kier alpha value is -4.30. The molecule has 0 fully saturated rings. The molecule has 0 aliphatic rings. The molecule has 5 nitrogen and oxygen atoms in total. The molecule has 3 N–H and O–H groups in total. The lowest BCUT2D eigenvalue weighted by Gasteiger charge is -2.22. The van der Waals surface area contributed by atoms with Gasteiger partial charge in [0.2, 0.25) is 0 Å². The van der Waals surface area contributed by atoms with E-state index in [2.05, 4.69) is 4.98 Å². The molecule has 0 aliphatic carbocycles. The second-order valence-corrected chi connectivity index (χ2v) is 8.99. The van der Waals surface area contributed by atoms with Crippen LogP contribution in [-0.2, 0) is 11.2 Å². The van der Waals surface area contributed by atoms with Crippen LogP contribution in [0.15, 0.2) is 85.1 Å². The van der Waals surface area contributed by atoms with Gasteiger partial charge in [0.15, 0.2) is 0 Å². The fourth-order valence-corrected chi connectivity index (χ4v) is 4.61. The molecule has 1 unspecified atom stereocenters. The molecule has 0 radical (unpaired) electrons. The first kappa shape index (κ1) is 26.8. The van der Waals surface area contributed by atoms with Gasteiger partial charge in [-0.15, -0.1) is 0 Å². The van der Waals surface area contributed by atoms with E-state index in [9.17, 15) is 27.9 Å². The number of primary amides is 1. The second kappa shape index (κ2) is 11.8. The molecule has 0 aliphatic heterocycles. The zero-order chi connectivity index (χ0) is 27.2. The van der Waals surface area contributed by atoms with Crippen molar-refractivity contribution in [3.8, 4) is 11.1 Å². The molecule has 1 amide bonds. The van der Waals surface area contributed by atoms with E-state index in [1.54, 1.807) is 42.5 Å². The van der Waals surface area contributed by atoms with E-state index < -0.39 is 41.8 Å². The summed E-state index contributed by atoms with van der Waals surface area (Å²) in [5.74, 6) is -4.98. The van der Waals surface area contributed by atoms with Crippen molar-refractivity contribution in [2.24, 2.45) is 5.73 Å². The van der Waals surface area contributed by atoms with E-state index in [1.165, 1.54) is 30.5 Å². The fraction of sp³-hybridized carbons (Fsp3) is 0.167. The minimum atomic E-state index is -0.939. The summed E-state index contributed by atoms with van der Waals surface area (Å²) in [6.45, 7) is -0.417. The molecule has 0 saturated heterocycles. The van der Waals surface area contributed by atoms with Crippen LogP contribution in [0, 0.1) is 17.5 Å². The zero-order valence-corrected chi connectivity index (χ0v) is 20.3. The number of nitrogens with two attached hydrogens (primary N) is 1. The molecule has 1 heterocycles. The van der Waals surface area contributed by atoms with E-state index in [1.807, 2.05) is 0 Å². The number of nitrogens with zero attached hydrogens (tertiary/aromatic N) is 1. The van der Waals surface area contributed by atoms with Gasteiger partial charge in [0, 0.05) is 30.2 Å². The molecule has 1 aromatic heterocycles. The van der Waals surface area contributed by atoms with Gasteiger partial charge < -0.3 is 10.8 Å². The fourth-order valence-electron chi connectivity index (χ4n) is 4.61. The summed E-state index contributed by atoms with van der Waals surface area (Å²) in [6, 6.07) is 19.2. The quantitative estimate of drug-likeness (QED) is 0.297. The molecule has 8 heteroatoms. The summed E-state index contributed by atoms with van der Waals surface area (Å²) in [5.41, 5.74) is 7.33. The van der Waals surface area contributed by atoms with Gasteiger partial charge in [-0.1, -0.05) is 42.5 Å². The summed E-state index contributed by atoms with van der Waals surface area (Å²) >= 11 is 0. The highest BCUT2D eigenvalue weighted by atomic mass is 19.1. The molecule has 0 bridgehead atoms. The van der Waals surface area contributed by atoms with Crippen molar-refractivity contribution in [1.82, 2.24) is 4.98 Å². The number of halogens is 3. The number of carbonyl (C=O) groups is 2. The lowest BCUT2D eigenvalue weighted by molar-refractivity contribution is -0.121. The van der Waals surface area contributed by atoms with Gasteiger partial charge in [0.25, 0.3) is 5.91 Å². The van der Waals surface area contributed by atoms with Crippen LogP contribution < -0.4 is 5.73 Å². The largest absolute Gasteiger partial charge is 0.395 e. The van der Waals surface area contributed by atoms with Gasteiger partial charge in [-0.25, -0.2) is 13.2 Å². The van der Waals surface area contributed by atoms with Crippen LogP contribution in [0.2, 0.25) is 0 Å². The smallest absolute Gasteiger partial charge is 0.251 e. The number of rotatable bonds is 10. The van der Waals surface area contributed by atoms with Gasteiger partial charge in [0.1, 0.15) is 23.2 Å². The van der Waals surface area contributed by atoms with Gasteiger partial charge in [-0.3, -0.25) is 14.6 Å². The number of aliphatic hydroxyl groups excluding tert-OH is 1. The van der Waals surface area contributed by atoms with Crippen molar-refractivity contribution in [2.45, 2.75) is 24.7 Å². The molecule has 3 aromatic carbocycles. The first-order valence-electron chi connectivity index (χ1n) is 11.9. The van der Waals surface area contributed by atoms with Crippen LogP contribution in [0.5, 0.6) is 0 Å². The normalized spacial score (nSPS) is 12.6. The maximum atomic E-state index is 14.2. The molecule has 38 heavy (non-hydrogen) atoms. The SMILES string of the molecule is NC(=O)c1cc(-c2cccnc2[C@@H](CC(=O)C(CO)c2ccccc2)Cc2cc(F)cc(F)c2)ccc1F. The predicted octanol–water partition coefficient (Wildman–Crippen LogP) is 5.33. The van der Waals surface area contributed by atoms with Gasteiger partial charge in [0.05, 0.1) is 23.8 Å². The van der Waals surface area contributed by atoms with Crippen molar-refractivity contribution in [3.05, 3.63) is 125 Å². The van der Waals surface area contributed by atoms with E-state index in [-0.39, 0.29) is 24.2 Å². The summed E-state index contributed by atoms with van der Waals surface area (Å²) < 4.78 is 42.2. The highest BCUT2D eigenvalue weighted by Gasteiger charge is 2.27. The average molecular weight is 519 g/mol. The predicted molar refractivity (Wildman–Crippen MR) is 137 cm³/mol. The van der Waals surface area contributed by atoms with Crippen LogP contribution in [0.4, 0.5) is 13.2 Å². The van der Waals surface area contributed by atoms with Crippen molar-refractivity contribution < 1.29 is 27.9 Å². The number of aromatic nitrogens is 1. The van der Waals surface area contributed by atoms with Crippen molar-refractivity contribution in [2.75, 3.05) is 6.61 Å². The first-order valence-corrected chi connectivity index (χ1v) is 11.9. The van der Waals surface area contributed by atoms with Crippen LogP contribution >= 0.6 is 0 Å². The van der Waals surface area contributed by atoms with E-state index >= 15 is 0 Å². The summed E-state index contributed by atoms with van der Waals surface area (Å²) in [5, 5.41) is 10.0. The number of ketones is 1. The number of aliphatic hydroxyl groups is 1. The Bertz CT molecular complexity index is 1440. The Morgan fingerprint density at radius 2 is 1.61 bits per heavy atom. The maximum absolute atomic E-state index is 14.2. The molecule has 194 valence electrons. The van der Waals surface area contributed by atoms with Crippen LogP contribution in [-0.4, -0.2) is 28.4 Å². The third kappa shape index (κ3) is 6.15. The third-order valence-corrected chi connectivity index (χ3v) is 6.39. The highest BCUT2D eigenvalue weighted by molar-refractivity contribution is 5.94. The molecule has 0 spiro atoms. The van der Waals surface area contributed by atoms with Crippen molar-refractivity contribution in [1.29, 1.82) is 0 Å². The van der Waals surface area contributed by atoms with Crippen molar-refractivity contribution in [3.63, 3.8) is 0 Å². The Kier molecular flexibility index (Phi) is 8.33. The molecular weight excluding hydrogens is 493 g/mol. The molecule has 0 saturated carbocycles. The minimum absolute atomic E-state index is 0.0568. The van der Waals surface area contributed by atoms with Gasteiger partial charge >= 0.3 is 0 Å². The van der Waals surface area contributed by atoms with Gasteiger partial charge in [-0.05, 0) is 53.4 Å². The number of hydrogen-bond donors (Lipinski definition) is 2. The average Bonchev–Trinajstić information content (AvgIpc) is 2.89. The summed E-state index contributed by atoms with van der Waals surface area (Å²) in [6.07, 6.45) is 1.47. The lowest BCUT2D eigenvalue weighted by Crippen LogP contribution is -2.21. The zero-order valence-electron chi connectivity index (χ0n) is 20.3. The van der Waals surface area contributed by atoms with E-state index in [4.69, 9.17) is 5.73 Å². The van der Waals surface area contributed by atoms with E-state index in [0.717, 1.165) is 12.1 Å². The molecule has 4 rings (SSSR count). The Morgan fingerprint density at radius 3 is 2.26 bits per heavy atom. The summed E-state index contributed by atoms with van der Waals surface area (Å²) in [7, 11) is 0. The third-order valence-electron chi connectivity index (χ3n) is 6.39. The number of hydrogen-bond acceptors (Lipinski definition) is 4. The second-order valence-electron chi connectivity index (χ2n) is 8.99.